The minimum Gasteiger partial charge on any atom is -0.356 e. The lowest BCUT2D eigenvalue weighted by Gasteiger charge is -2.35. The van der Waals surface area contributed by atoms with Crippen LogP contribution in [0.15, 0.2) is 18.3 Å². The number of aromatic nitrogens is 1. The van der Waals surface area contributed by atoms with Gasteiger partial charge in [-0.3, -0.25) is 0 Å². The summed E-state index contributed by atoms with van der Waals surface area (Å²) >= 11 is 0. The van der Waals surface area contributed by atoms with Crippen molar-refractivity contribution in [3.63, 3.8) is 0 Å². The Morgan fingerprint density at radius 1 is 1.31 bits per heavy atom. The van der Waals surface area contributed by atoms with Gasteiger partial charge < -0.3 is 4.90 Å². The number of nitriles is 1. The highest BCUT2D eigenvalue weighted by atomic mass is 15.2. The van der Waals surface area contributed by atoms with E-state index in [2.05, 4.69) is 29.8 Å². The highest BCUT2D eigenvalue weighted by Gasteiger charge is 2.22. The molecular formula is C13H17N3. The van der Waals surface area contributed by atoms with Gasteiger partial charge in [-0.25, -0.2) is 4.98 Å². The van der Waals surface area contributed by atoms with Crippen LogP contribution in [0.1, 0.15) is 25.8 Å². The Balaban J connectivity index is 2.14. The molecule has 2 heterocycles. The topological polar surface area (TPSA) is 39.9 Å². The molecule has 1 fully saturated rings. The van der Waals surface area contributed by atoms with Crippen LogP contribution in [0.2, 0.25) is 0 Å². The van der Waals surface area contributed by atoms with E-state index in [0.717, 1.165) is 30.7 Å². The summed E-state index contributed by atoms with van der Waals surface area (Å²) in [6, 6.07) is 5.88. The van der Waals surface area contributed by atoms with Crippen molar-refractivity contribution < 1.29 is 0 Å². The minimum absolute atomic E-state index is 0.627. The fourth-order valence-electron chi connectivity index (χ4n) is 2.49. The predicted octanol–water partition coefficient (Wildman–Crippen LogP) is 2.44. The van der Waals surface area contributed by atoms with Crippen molar-refractivity contribution in [3.8, 4) is 6.07 Å². The first-order valence-corrected chi connectivity index (χ1v) is 5.80. The van der Waals surface area contributed by atoms with Crippen molar-refractivity contribution in [1.29, 1.82) is 5.26 Å². The molecule has 0 aromatic carbocycles. The maximum atomic E-state index is 8.72. The molecule has 1 aliphatic heterocycles. The van der Waals surface area contributed by atoms with Crippen LogP contribution in [0, 0.1) is 23.2 Å². The standard InChI is InChI=1S/C13H17N3/c1-10-5-11(2)9-16(8-10)13-4-3-12(6-14)7-15-13/h3-4,7,10-11H,5,8-9H2,1-2H3. The fourth-order valence-corrected chi connectivity index (χ4v) is 2.49. The van der Waals surface area contributed by atoms with Gasteiger partial charge in [0.2, 0.25) is 0 Å². The van der Waals surface area contributed by atoms with Gasteiger partial charge in [-0.1, -0.05) is 13.8 Å². The molecule has 3 heteroatoms. The summed E-state index contributed by atoms with van der Waals surface area (Å²) in [4.78, 5) is 6.66. The molecule has 0 N–H and O–H groups in total. The maximum Gasteiger partial charge on any atom is 0.128 e. The molecule has 0 spiro atoms. The molecule has 2 atom stereocenters. The van der Waals surface area contributed by atoms with Gasteiger partial charge in [0.1, 0.15) is 11.9 Å². The zero-order valence-corrected chi connectivity index (χ0v) is 9.85. The Labute approximate surface area is 96.7 Å². The molecule has 2 rings (SSSR count). The zero-order valence-electron chi connectivity index (χ0n) is 9.85. The molecule has 0 aliphatic carbocycles. The van der Waals surface area contributed by atoms with Crippen molar-refractivity contribution in [1.82, 2.24) is 4.98 Å². The minimum atomic E-state index is 0.627. The van der Waals surface area contributed by atoms with Crippen LogP contribution in [0.4, 0.5) is 5.82 Å². The largest absolute Gasteiger partial charge is 0.356 e. The van der Waals surface area contributed by atoms with Gasteiger partial charge in [0.05, 0.1) is 5.56 Å². The summed E-state index contributed by atoms with van der Waals surface area (Å²) in [5, 5.41) is 8.72. The number of piperidine rings is 1. The second-order valence-corrected chi connectivity index (χ2v) is 4.87. The summed E-state index contributed by atoms with van der Waals surface area (Å²) in [6.07, 6.45) is 2.95. The van der Waals surface area contributed by atoms with Crippen molar-refractivity contribution in [2.24, 2.45) is 11.8 Å². The van der Waals surface area contributed by atoms with E-state index in [9.17, 15) is 0 Å². The Morgan fingerprint density at radius 3 is 2.50 bits per heavy atom. The molecule has 84 valence electrons. The van der Waals surface area contributed by atoms with Gasteiger partial charge >= 0.3 is 0 Å². The molecule has 1 saturated heterocycles. The summed E-state index contributed by atoms with van der Waals surface area (Å²) in [5.74, 6) is 2.44. The first-order chi connectivity index (χ1) is 7.69. The molecular weight excluding hydrogens is 198 g/mol. The number of anilines is 1. The van der Waals surface area contributed by atoms with E-state index in [-0.39, 0.29) is 0 Å². The van der Waals surface area contributed by atoms with Gasteiger partial charge in [0, 0.05) is 19.3 Å². The number of hydrogen-bond donors (Lipinski definition) is 0. The van der Waals surface area contributed by atoms with Crippen molar-refractivity contribution in [3.05, 3.63) is 23.9 Å². The fraction of sp³-hybridized carbons (Fsp3) is 0.538. The lowest BCUT2D eigenvalue weighted by atomic mass is 9.92. The van der Waals surface area contributed by atoms with Crippen LogP contribution in [-0.2, 0) is 0 Å². The molecule has 2 unspecified atom stereocenters. The van der Waals surface area contributed by atoms with E-state index in [0.29, 0.717) is 5.56 Å². The van der Waals surface area contributed by atoms with Gasteiger partial charge in [0.25, 0.3) is 0 Å². The highest BCUT2D eigenvalue weighted by molar-refractivity contribution is 5.42. The number of hydrogen-bond acceptors (Lipinski definition) is 3. The monoisotopic (exact) mass is 215 g/mol. The first-order valence-electron chi connectivity index (χ1n) is 5.80. The van der Waals surface area contributed by atoms with Gasteiger partial charge in [0.15, 0.2) is 0 Å². The first kappa shape index (κ1) is 10.9. The van der Waals surface area contributed by atoms with Crippen molar-refractivity contribution >= 4 is 5.82 Å². The number of pyridine rings is 1. The molecule has 3 nitrogen and oxygen atoms in total. The average molecular weight is 215 g/mol. The summed E-state index contributed by atoms with van der Waals surface area (Å²) in [6.45, 7) is 6.71. The van der Waals surface area contributed by atoms with Crippen LogP contribution >= 0.6 is 0 Å². The zero-order chi connectivity index (χ0) is 11.5. The van der Waals surface area contributed by atoms with E-state index in [4.69, 9.17) is 5.26 Å². The number of nitrogens with zero attached hydrogens (tertiary/aromatic N) is 3. The van der Waals surface area contributed by atoms with Gasteiger partial charge in [-0.05, 0) is 30.4 Å². The van der Waals surface area contributed by atoms with Gasteiger partial charge in [-0.2, -0.15) is 5.26 Å². The molecule has 0 saturated carbocycles. The Bertz CT molecular complexity index is 381. The SMILES string of the molecule is CC1CC(C)CN(c2ccc(C#N)cn2)C1. The Morgan fingerprint density at radius 2 is 2.00 bits per heavy atom. The smallest absolute Gasteiger partial charge is 0.128 e. The third-order valence-corrected chi connectivity index (χ3v) is 3.07. The molecule has 1 aromatic heterocycles. The molecule has 0 amide bonds. The van der Waals surface area contributed by atoms with E-state index < -0.39 is 0 Å². The lowest BCUT2D eigenvalue weighted by Crippen LogP contribution is -2.39. The number of rotatable bonds is 1. The molecule has 0 bridgehead atoms. The van der Waals surface area contributed by atoms with Crippen LogP contribution in [-0.4, -0.2) is 18.1 Å². The predicted molar refractivity (Wildman–Crippen MR) is 64.1 cm³/mol. The van der Waals surface area contributed by atoms with Gasteiger partial charge in [-0.15, -0.1) is 0 Å². The van der Waals surface area contributed by atoms with Crippen LogP contribution in [0.25, 0.3) is 0 Å². The Hall–Kier alpha value is -1.56. The normalized spacial score (nSPS) is 25.2. The quantitative estimate of drug-likeness (QED) is 0.722. The Kier molecular flexibility index (Phi) is 3.09. The highest BCUT2D eigenvalue weighted by Crippen LogP contribution is 2.24. The van der Waals surface area contributed by atoms with Crippen molar-refractivity contribution in [2.45, 2.75) is 20.3 Å². The summed E-state index contributed by atoms with van der Waals surface area (Å²) < 4.78 is 0. The third-order valence-electron chi connectivity index (χ3n) is 3.07. The molecule has 1 aromatic rings. The average Bonchev–Trinajstić information content (AvgIpc) is 2.28. The van der Waals surface area contributed by atoms with Crippen LogP contribution < -0.4 is 4.90 Å². The second-order valence-electron chi connectivity index (χ2n) is 4.87. The van der Waals surface area contributed by atoms with Crippen LogP contribution in [0.3, 0.4) is 0 Å². The lowest BCUT2D eigenvalue weighted by molar-refractivity contribution is 0.355. The van der Waals surface area contributed by atoms with E-state index >= 15 is 0 Å². The molecule has 0 radical (unpaired) electrons. The van der Waals surface area contributed by atoms with E-state index in [1.54, 1.807) is 6.20 Å². The third kappa shape index (κ3) is 2.33. The molecule has 16 heavy (non-hydrogen) atoms. The summed E-state index contributed by atoms with van der Waals surface area (Å²) in [5.41, 5.74) is 0.627. The summed E-state index contributed by atoms with van der Waals surface area (Å²) in [7, 11) is 0. The van der Waals surface area contributed by atoms with Crippen LogP contribution in [0.5, 0.6) is 0 Å². The van der Waals surface area contributed by atoms with E-state index in [1.165, 1.54) is 6.42 Å². The second kappa shape index (κ2) is 4.52. The maximum absolute atomic E-state index is 8.72. The van der Waals surface area contributed by atoms with Crippen molar-refractivity contribution in [2.75, 3.05) is 18.0 Å². The van der Waals surface area contributed by atoms with E-state index in [1.807, 2.05) is 12.1 Å². The molecule has 1 aliphatic rings.